The highest BCUT2D eigenvalue weighted by Crippen LogP contribution is 2.65. The first-order valence-corrected chi connectivity index (χ1v) is 9.83. The molecular weight excluding hydrogens is 394 g/mol. The van der Waals surface area contributed by atoms with Crippen LogP contribution in [0.25, 0.3) is 0 Å². The van der Waals surface area contributed by atoms with Crippen molar-refractivity contribution < 1.29 is 9.59 Å². The summed E-state index contributed by atoms with van der Waals surface area (Å²) in [5.74, 6) is 1.07. The number of anilines is 1. The Bertz CT molecular complexity index is 842. The van der Waals surface area contributed by atoms with E-state index in [1.807, 2.05) is 37.2 Å². The molecule has 1 heterocycles. The van der Waals surface area contributed by atoms with Gasteiger partial charge in [0, 0.05) is 18.6 Å². The van der Waals surface area contributed by atoms with E-state index in [2.05, 4.69) is 33.2 Å². The van der Waals surface area contributed by atoms with Gasteiger partial charge in [-0.1, -0.05) is 18.2 Å². The SMILES string of the molecule is CN(C)c1ccc(/C=N\N2C(=O)[C@@H]3[C@H]4C=C[C@@H]([C@@H]5C[C@H]45)[C@H]3C2=O)cc1Br. The molecule has 1 aromatic carbocycles. The lowest BCUT2D eigenvalue weighted by Gasteiger charge is -2.37. The number of rotatable bonds is 3. The Labute approximate surface area is 160 Å². The molecule has 6 atom stereocenters. The molecule has 1 aliphatic heterocycles. The third-order valence-corrected chi connectivity index (χ3v) is 7.05. The van der Waals surface area contributed by atoms with Crippen LogP contribution in [0, 0.1) is 35.5 Å². The van der Waals surface area contributed by atoms with Crippen LogP contribution in [0.4, 0.5) is 5.69 Å². The third kappa shape index (κ3) is 2.17. The van der Waals surface area contributed by atoms with E-state index in [1.54, 1.807) is 6.21 Å². The van der Waals surface area contributed by atoms with Gasteiger partial charge in [-0.2, -0.15) is 10.1 Å². The summed E-state index contributed by atoms with van der Waals surface area (Å²) in [6.07, 6.45) is 7.13. The van der Waals surface area contributed by atoms with Gasteiger partial charge in [-0.05, 0) is 63.7 Å². The van der Waals surface area contributed by atoms with Crippen LogP contribution in [-0.2, 0) is 9.59 Å². The number of hydrogen-bond donors (Lipinski definition) is 0. The molecule has 4 aliphatic carbocycles. The zero-order valence-electron chi connectivity index (χ0n) is 14.7. The first kappa shape index (κ1) is 16.2. The predicted molar refractivity (Wildman–Crippen MR) is 103 cm³/mol. The molecule has 0 unspecified atom stereocenters. The summed E-state index contributed by atoms with van der Waals surface area (Å²) in [4.78, 5) is 27.8. The molecule has 6 rings (SSSR count). The van der Waals surface area contributed by atoms with E-state index >= 15 is 0 Å². The normalized spacial score (nSPS) is 36.7. The Balaban J connectivity index is 1.40. The number of imide groups is 1. The van der Waals surface area contributed by atoms with Crippen molar-refractivity contribution in [2.45, 2.75) is 6.42 Å². The molecule has 5 aliphatic rings. The van der Waals surface area contributed by atoms with Gasteiger partial charge in [0.25, 0.3) is 11.8 Å². The predicted octanol–water partition coefficient (Wildman–Crippen LogP) is 2.90. The molecular formula is C20H20BrN3O2. The fraction of sp³-hybridized carbons (Fsp3) is 0.450. The maximum absolute atomic E-state index is 12.9. The average molecular weight is 414 g/mol. The highest BCUT2D eigenvalue weighted by molar-refractivity contribution is 9.10. The van der Waals surface area contributed by atoms with Crippen molar-refractivity contribution in [3.05, 3.63) is 40.4 Å². The fourth-order valence-electron chi connectivity index (χ4n) is 5.15. The summed E-state index contributed by atoms with van der Waals surface area (Å²) < 4.78 is 0.946. The highest BCUT2D eigenvalue weighted by Gasteiger charge is 2.67. The van der Waals surface area contributed by atoms with E-state index in [0.29, 0.717) is 11.8 Å². The lowest BCUT2D eigenvalue weighted by Crippen LogP contribution is -2.40. The van der Waals surface area contributed by atoms with Crippen molar-refractivity contribution in [3.63, 3.8) is 0 Å². The molecule has 134 valence electrons. The standard InChI is InChI=1S/C20H20BrN3O2/c1-23(2)16-6-3-10(7-15(16)21)9-22-24-19(25)17-11-4-5-12(14-8-13(11)14)18(17)20(24)26/h3-7,9,11-14,17-18H,8H2,1-2H3/b22-9-/t11-,12-,13-,14+,17+,18+/m0/s1. The topological polar surface area (TPSA) is 53.0 Å². The Morgan fingerprint density at radius 3 is 2.27 bits per heavy atom. The summed E-state index contributed by atoms with van der Waals surface area (Å²) in [5, 5.41) is 5.40. The second-order valence-electron chi connectivity index (χ2n) is 7.99. The van der Waals surface area contributed by atoms with E-state index in [-0.39, 0.29) is 35.5 Å². The lowest BCUT2D eigenvalue weighted by atomic mass is 9.63. The third-order valence-electron chi connectivity index (χ3n) is 6.42. The van der Waals surface area contributed by atoms with Crippen molar-refractivity contribution in [2.24, 2.45) is 40.6 Å². The molecule has 1 aromatic rings. The Morgan fingerprint density at radius 2 is 1.73 bits per heavy atom. The summed E-state index contributed by atoms with van der Waals surface area (Å²) >= 11 is 3.55. The fourth-order valence-corrected chi connectivity index (χ4v) is 5.90. The van der Waals surface area contributed by atoms with E-state index in [9.17, 15) is 9.59 Å². The van der Waals surface area contributed by atoms with Gasteiger partial charge in [-0.15, -0.1) is 0 Å². The van der Waals surface area contributed by atoms with Crippen LogP contribution >= 0.6 is 15.9 Å². The van der Waals surface area contributed by atoms with Crippen molar-refractivity contribution in [1.82, 2.24) is 5.01 Å². The summed E-state index contributed by atoms with van der Waals surface area (Å²) in [6, 6.07) is 5.86. The van der Waals surface area contributed by atoms with Crippen molar-refractivity contribution in [2.75, 3.05) is 19.0 Å². The van der Waals surface area contributed by atoms with Crippen LogP contribution in [-0.4, -0.2) is 37.1 Å². The number of carbonyl (C=O) groups excluding carboxylic acids is 2. The van der Waals surface area contributed by atoms with Crippen molar-refractivity contribution >= 4 is 39.6 Å². The molecule has 3 fully saturated rings. The zero-order chi connectivity index (χ0) is 18.2. The number of halogens is 1. The van der Waals surface area contributed by atoms with E-state index in [0.717, 1.165) is 20.7 Å². The number of hydrazone groups is 1. The number of hydrogen-bond acceptors (Lipinski definition) is 4. The van der Waals surface area contributed by atoms with Crippen LogP contribution in [0.2, 0.25) is 0 Å². The number of nitrogens with zero attached hydrogens (tertiary/aromatic N) is 3. The molecule has 2 bridgehead atoms. The minimum Gasteiger partial charge on any atom is -0.377 e. The van der Waals surface area contributed by atoms with Gasteiger partial charge in [-0.3, -0.25) is 9.59 Å². The van der Waals surface area contributed by atoms with Crippen LogP contribution < -0.4 is 4.90 Å². The van der Waals surface area contributed by atoms with Gasteiger partial charge >= 0.3 is 0 Å². The molecule has 5 nitrogen and oxygen atoms in total. The quantitative estimate of drug-likeness (QED) is 0.434. The number of benzene rings is 1. The van der Waals surface area contributed by atoms with E-state index in [1.165, 1.54) is 6.42 Å². The maximum Gasteiger partial charge on any atom is 0.254 e. The van der Waals surface area contributed by atoms with E-state index in [4.69, 9.17) is 0 Å². The summed E-state index contributed by atoms with van der Waals surface area (Å²) in [5.41, 5.74) is 1.91. The highest BCUT2D eigenvalue weighted by atomic mass is 79.9. The number of amides is 2. The van der Waals surface area contributed by atoms with Crippen molar-refractivity contribution in [1.29, 1.82) is 0 Å². The zero-order valence-corrected chi connectivity index (χ0v) is 16.3. The Kier molecular flexibility index (Phi) is 3.45. The second kappa shape index (κ2) is 5.52. The molecule has 0 spiro atoms. The van der Waals surface area contributed by atoms with Gasteiger partial charge in [0.1, 0.15) is 0 Å². The van der Waals surface area contributed by atoms with Gasteiger partial charge in [0.05, 0.1) is 23.7 Å². The van der Waals surface area contributed by atoms with Gasteiger partial charge in [-0.25, -0.2) is 0 Å². The molecule has 0 radical (unpaired) electrons. The van der Waals surface area contributed by atoms with Gasteiger partial charge in [0.2, 0.25) is 0 Å². The van der Waals surface area contributed by atoms with E-state index < -0.39 is 0 Å². The molecule has 0 N–H and O–H groups in total. The van der Waals surface area contributed by atoms with Crippen molar-refractivity contribution in [3.8, 4) is 0 Å². The molecule has 0 aromatic heterocycles. The first-order chi connectivity index (χ1) is 12.5. The molecule has 6 heteroatoms. The average Bonchev–Trinajstić information content (AvgIpc) is 3.39. The van der Waals surface area contributed by atoms with Crippen LogP contribution in [0.15, 0.2) is 39.9 Å². The summed E-state index contributed by atoms with van der Waals surface area (Å²) in [7, 11) is 3.95. The second-order valence-corrected chi connectivity index (χ2v) is 8.85. The summed E-state index contributed by atoms with van der Waals surface area (Å²) in [6.45, 7) is 0. The lowest BCUT2D eigenvalue weighted by molar-refractivity contribution is -0.140. The van der Waals surface area contributed by atoms with Crippen LogP contribution in [0.5, 0.6) is 0 Å². The smallest absolute Gasteiger partial charge is 0.254 e. The maximum atomic E-state index is 12.9. The minimum atomic E-state index is -0.193. The molecule has 26 heavy (non-hydrogen) atoms. The van der Waals surface area contributed by atoms with Gasteiger partial charge < -0.3 is 4.90 Å². The van der Waals surface area contributed by atoms with Gasteiger partial charge in [0.15, 0.2) is 0 Å². The largest absolute Gasteiger partial charge is 0.377 e. The molecule has 2 amide bonds. The van der Waals surface area contributed by atoms with Crippen LogP contribution in [0.1, 0.15) is 12.0 Å². The number of carbonyl (C=O) groups is 2. The monoisotopic (exact) mass is 413 g/mol. The number of allylic oxidation sites excluding steroid dienone is 2. The minimum absolute atomic E-state index is 0.120. The first-order valence-electron chi connectivity index (χ1n) is 9.04. The molecule has 1 saturated heterocycles. The Hall–Kier alpha value is -1.95. The van der Waals surface area contributed by atoms with Crippen LogP contribution in [0.3, 0.4) is 0 Å². The molecule has 2 saturated carbocycles. The Morgan fingerprint density at radius 1 is 1.12 bits per heavy atom.